The fourth-order valence-corrected chi connectivity index (χ4v) is 2.26. The molecule has 0 spiro atoms. The predicted molar refractivity (Wildman–Crippen MR) is 68.7 cm³/mol. The third-order valence-corrected chi connectivity index (χ3v) is 3.17. The topological polar surface area (TPSA) is 64.6 Å². The Hall–Kier alpha value is -1.95. The van der Waals surface area contributed by atoms with Crippen LogP contribution in [0.15, 0.2) is 23.1 Å². The highest BCUT2D eigenvalue weighted by molar-refractivity contribution is 8.18. The Bertz CT molecular complexity index is 539. The molecule has 1 aromatic rings. The van der Waals surface area contributed by atoms with Crippen LogP contribution in [-0.2, 0) is 4.79 Å². The number of amides is 2. The van der Waals surface area contributed by atoms with Crippen LogP contribution in [0, 0.1) is 0 Å². The highest BCUT2D eigenvalue weighted by atomic mass is 32.2. The van der Waals surface area contributed by atoms with Crippen molar-refractivity contribution in [3.63, 3.8) is 0 Å². The largest absolute Gasteiger partial charge is 0.493 e. The van der Waals surface area contributed by atoms with Gasteiger partial charge in [-0.2, -0.15) is 0 Å². The van der Waals surface area contributed by atoms with Gasteiger partial charge in [0, 0.05) is 5.56 Å². The lowest BCUT2D eigenvalue weighted by Gasteiger charge is -2.10. The molecule has 94 valence electrons. The highest BCUT2D eigenvalue weighted by Crippen LogP contribution is 2.34. The maximum absolute atomic E-state index is 11.5. The van der Waals surface area contributed by atoms with Gasteiger partial charge in [-0.3, -0.25) is 14.9 Å². The molecule has 0 aromatic heterocycles. The van der Waals surface area contributed by atoms with Crippen molar-refractivity contribution in [3.8, 4) is 11.5 Å². The van der Waals surface area contributed by atoms with E-state index < -0.39 is 5.91 Å². The Balaban J connectivity index is 2.43. The number of hydrogen-bond donors (Lipinski definition) is 1. The molecule has 0 radical (unpaired) electrons. The van der Waals surface area contributed by atoms with Crippen LogP contribution in [-0.4, -0.2) is 25.4 Å². The van der Waals surface area contributed by atoms with Crippen molar-refractivity contribution in [2.24, 2.45) is 0 Å². The molecule has 2 amide bonds. The third kappa shape index (κ3) is 2.33. The van der Waals surface area contributed by atoms with Crippen molar-refractivity contribution >= 4 is 29.0 Å². The summed E-state index contributed by atoms with van der Waals surface area (Å²) >= 11 is 0.866. The normalized spacial score (nSPS) is 16.9. The van der Waals surface area contributed by atoms with Crippen molar-refractivity contribution in [3.05, 3.63) is 28.7 Å². The number of thioether (sulfide) groups is 1. The van der Waals surface area contributed by atoms with E-state index in [1.54, 1.807) is 24.3 Å². The number of ether oxygens (including phenoxy) is 2. The van der Waals surface area contributed by atoms with E-state index in [4.69, 9.17) is 9.47 Å². The molecule has 1 N–H and O–H groups in total. The first-order valence-corrected chi connectivity index (χ1v) is 5.93. The van der Waals surface area contributed by atoms with E-state index >= 15 is 0 Å². The van der Waals surface area contributed by atoms with Gasteiger partial charge in [0.1, 0.15) is 0 Å². The summed E-state index contributed by atoms with van der Waals surface area (Å²) in [7, 11) is 3.06. The molecule has 0 unspecified atom stereocenters. The van der Waals surface area contributed by atoms with E-state index in [0.29, 0.717) is 22.0 Å². The molecular formula is C12H11NO4S. The van der Waals surface area contributed by atoms with E-state index in [2.05, 4.69) is 5.32 Å². The van der Waals surface area contributed by atoms with Gasteiger partial charge < -0.3 is 9.47 Å². The lowest BCUT2D eigenvalue weighted by atomic mass is 10.1. The maximum atomic E-state index is 11.5. The smallest absolute Gasteiger partial charge is 0.290 e. The first-order chi connectivity index (χ1) is 8.65. The van der Waals surface area contributed by atoms with Crippen molar-refractivity contribution in [2.75, 3.05) is 14.2 Å². The lowest BCUT2D eigenvalue weighted by molar-refractivity contribution is -0.115. The van der Waals surface area contributed by atoms with Gasteiger partial charge in [-0.05, 0) is 23.9 Å². The van der Waals surface area contributed by atoms with E-state index in [-0.39, 0.29) is 5.24 Å². The molecule has 1 aliphatic heterocycles. The Kier molecular flexibility index (Phi) is 3.57. The quantitative estimate of drug-likeness (QED) is 0.847. The second kappa shape index (κ2) is 5.14. The molecule has 1 heterocycles. The van der Waals surface area contributed by atoms with E-state index in [0.717, 1.165) is 11.8 Å². The number of rotatable bonds is 3. The SMILES string of the molecule is COc1cccc(C=C2SC(=O)NC2=O)c1OC. The number of carbonyl (C=O) groups excluding carboxylic acids is 2. The number of hydrogen-bond acceptors (Lipinski definition) is 5. The molecule has 0 bridgehead atoms. The maximum Gasteiger partial charge on any atom is 0.290 e. The average molecular weight is 265 g/mol. The summed E-state index contributed by atoms with van der Waals surface area (Å²) in [4.78, 5) is 22.9. The molecule has 1 aromatic carbocycles. The van der Waals surface area contributed by atoms with Crippen LogP contribution in [0.2, 0.25) is 0 Å². The fraction of sp³-hybridized carbons (Fsp3) is 0.167. The van der Waals surface area contributed by atoms with E-state index in [9.17, 15) is 9.59 Å². The van der Waals surface area contributed by atoms with Gasteiger partial charge in [-0.15, -0.1) is 0 Å². The zero-order valence-corrected chi connectivity index (χ0v) is 10.7. The van der Waals surface area contributed by atoms with Gasteiger partial charge >= 0.3 is 0 Å². The molecule has 0 saturated carbocycles. The molecule has 1 fully saturated rings. The second-order valence-corrected chi connectivity index (χ2v) is 4.45. The van der Waals surface area contributed by atoms with Gasteiger partial charge in [0.05, 0.1) is 19.1 Å². The summed E-state index contributed by atoms with van der Waals surface area (Å²) in [5.41, 5.74) is 0.684. The van der Waals surface area contributed by atoms with Crippen LogP contribution < -0.4 is 14.8 Å². The molecule has 18 heavy (non-hydrogen) atoms. The second-order valence-electron chi connectivity index (χ2n) is 3.43. The Labute approximate surface area is 108 Å². The minimum Gasteiger partial charge on any atom is -0.493 e. The number of nitrogens with one attached hydrogen (secondary N) is 1. The van der Waals surface area contributed by atoms with Crippen LogP contribution in [0.25, 0.3) is 6.08 Å². The van der Waals surface area contributed by atoms with E-state index in [1.807, 2.05) is 0 Å². The molecule has 0 atom stereocenters. The van der Waals surface area contributed by atoms with Gasteiger partial charge in [0.15, 0.2) is 11.5 Å². The molecule has 2 rings (SSSR count). The first-order valence-electron chi connectivity index (χ1n) is 5.11. The number of para-hydroxylation sites is 1. The van der Waals surface area contributed by atoms with Gasteiger partial charge in [-0.1, -0.05) is 12.1 Å². The summed E-state index contributed by atoms with van der Waals surface area (Å²) in [5.74, 6) is 0.705. The Morgan fingerprint density at radius 3 is 2.56 bits per heavy atom. The number of imide groups is 1. The summed E-state index contributed by atoms with van der Waals surface area (Å²) in [6.45, 7) is 0. The van der Waals surface area contributed by atoms with Crippen molar-refractivity contribution < 1.29 is 19.1 Å². The third-order valence-electron chi connectivity index (χ3n) is 2.36. The molecule has 1 aliphatic rings. The lowest BCUT2D eigenvalue weighted by Crippen LogP contribution is -2.17. The Morgan fingerprint density at radius 2 is 2.00 bits per heavy atom. The molecule has 0 aliphatic carbocycles. The molecular weight excluding hydrogens is 254 g/mol. The molecule has 1 saturated heterocycles. The number of methoxy groups -OCH3 is 2. The van der Waals surface area contributed by atoms with Crippen LogP contribution in [0.3, 0.4) is 0 Å². The number of carbonyl (C=O) groups is 2. The number of benzene rings is 1. The summed E-state index contributed by atoms with van der Waals surface area (Å²) in [6, 6.07) is 5.33. The summed E-state index contributed by atoms with van der Waals surface area (Å²) in [5, 5.41) is 1.83. The minimum absolute atomic E-state index is 0.339. The standard InChI is InChI=1S/C12H11NO4S/c1-16-8-5-3-4-7(10(8)17-2)6-9-11(14)13-12(15)18-9/h3-6H,1-2H3,(H,13,14,15). The molecule has 5 nitrogen and oxygen atoms in total. The zero-order chi connectivity index (χ0) is 13.1. The van der Waals surface area contributed by atoms with Crippen molar-refractivity contribution in [1.82, 2.24) is 5.32 Å². The monoisotopic (exact) mass is 265 g/mol. The van der Waals surface area contributed by atoms with Crippen LogP contribution in [0.4, 0.5) is 4.79 Å². The fourth-order valence-electron chi connectivity index (χ4n) is 1.59. The summed E-state index contributed by atoms with van der Waals surface area (Å²) in [6.07, 6.45) is 1.60. The predicted octanol–water partition coefficient (Wildman–Crippen LogP) is 2.03. The van der Waals surface area contributed by atoms with E-state index in [1.165, 1.54) is 14.2 Å². The van der Waals surface area contributed by atoms with Gasteiger partial charge in [0.25, 0.3) is 11.1 Å². The average Bonchev–Trinajstić information content (AvgIpc) is 2.67. The zero-order valence-electron chi connectivity index (χ0n) is 9.85. The molecule has 6 heteroatoms. The van der Waals surface area contributed by atoms with Crippen molar-refractivity contribution in [2.45, 2.75) is 0 Å². The van der Waals surface area contributed by atoms with Crippen LogP contribution in [0.5, 0.6) is 11.5 Å². The van der Waals surface area contributed by atoms with Crippen molar-refractivity contribution in [1.29, 1.82) is 0 Å². The van der Waals surface area contributed by atoms with Crippen LogP contribution in [0.1, 0.15) is 5.56 Å². The Morgan fingerprint density at radius 1 is 1.22 bits per heavy atom. The highest BCUT2D eigenvalue weighted by Gasteiger charge is 2.25. The van der Waals surface area contributed by atoms with Gasteiger partial charge in [-0.25, -0.2) is 0 Å². The summed E-state index contributed by atoms with van der Waals surface area (Å²) < 4.78 is 10.4. The first kappa shape index (κ1) is 12.5. The van der Waals surface area contributed by atoms with Gasteiger partial charge in [0.2, 0.25) is 0 Å². The van der Waals surface area contributed by atoms with Crippen LogP contribution >= 0.6 is 11.8 Å². The minimum atomic E-state index is -0.394.